The van der Waals surface area contributed by atoms with Crippen molar-refractivity contribution < 1.29 is 14.4 Å². The van der Waals surface area contributed by atoms with E-state index >= 15 is 0 Å². The molecule has 9 heteroatoms. The van der Waals surface area contributed by atoms with Gasteiger partial charge in [0.05, 0.1) is 11.3 Å². The molecule has 40 heavy (non-hydrogen) atoms. The summed E-state index contributed by atoms with van der Waals surface area (Å²) in [6.45, 7) is 11.6. The molecular weight excluding hydrogens is 504 g/mol. The fourth-order valence-electron chi connectivity index (χ4n) is 5.85. The summed E-state index contributed by atoms with van der Waals surface area (Å²) in [7, 11) is 0. The number of rotatable bonds is 9. The summed E-state index contributed by atoms with van der Waals surface area (Å²) in [6.07, 6.45) is 1.54. The highest BCUT2D eigenvalue weighted by atomic mass is 16.2. The maximum absolute atomic E-state index is 14.2. The lowest BCUT2D eigenvalue weighted by Crippen LogP contribution is -2.64. The van der Waals surface area contributed by atoms with Gasteiger partial charge in [-0.15, -0.1) is 0 Å². The zero-order valence-electron chi connectivity index (χ0n) is 24.3. The van der Waals surface area contributed by atoms with Gasteiger partial charge in [-0.05, 0) is 63.6 Å². The Bertz CT molecular complexity index is 1280. The standard InChI is InChI=1S/C31H42N6O3/c1-7-21-14-16-23(17-15-21)31(8-2,29(40)33-20(4)26(32)38)35-28(39)25-19(3)36-37-27(25)34-24(18-30(37,5)6)22-12-10-9-11-13-22/h9-17,20,24-25,27,34H,7-8,18H2,1-6H3,(H2,32,38)(H,33,40)(H,35,39)/t20-,24+,25?,27?,31?/m0/s1. The molecule has 2 aliphatic rings. The van der Waals surface area contributed by atoms with Gasteiger partial charge in [0.1, 0.15) is 23.7 Å². The Morgan fingerprint density at radius 1 is 1.12 bits per heavy atom. The third-order valence-corrected chi connectivity index (χ3v) is 8.36. The number of primary amides is 1. The molecule has 2 aromatic carbocycles. The lowest BCUT2D eigenvalue weighted by Gasteiger charge is -2.48. The Labute approximate surface area is 237 Å². The molecular formula is C31H42N6O3. The number of nitrogens with one attached hydrogen (secondary N) is 3. The van der Waals surface area contributed by atoms with Crippen LogP contribution in [0, 0.1) is 5.92 Å². The maximum Gasteiger partial charge on any atom is 0.251 e. The first kappa shape index (κ1) is 29.3. The second kappa shape index (κ2) is 11.4. The number of hydrogen-bond donors (Lipinski definition) is 4. The van der Waals surface area contributed by atoms with Crippen molar-refractivity contribution in [2.75, 3.05) is 0 Å². The van der Waals surface area contributed by atoms with Gasteiger partial charge in [-0.3, -0.25) is 24.7 Å². The highest BCUT2D eigenvalue weighted by Gasteiger charge is 2.52. The molecule has 1 fully saturated rings. The predicted octanol–water partition coefficient (Wildman–Crippen LogP) is 3.11. The molecule has 3 unspecified atom stereocenters. The van der Waals surface area contributed by atoms with Crippen LogP contribution in [0.15, 0.2) is 59.7 Å². The number of carbonyl (C=O) groups excluding carboxylic acids is 3. The van der Waals surface area contributed by atoms with Crippen LogP contribution in [0.3, 0.4) is 0 Å². The smallest absolute Gasteiger partial charge is 0.251 e. The molecule has 9 nitrogen and oxygen atoms in total. The van der Waals surface area contributed by atoms with Gasteiger partial charge in [-0.2, -0.15) is 5.10 Å². The van der Waals surface area contributed by atoms with Crippen molar-refractivity contribution in [2.24, 2.45) is 16.8 Å². The normalized spacial score (nSPS) is 23.8. The van der Waals surface area contributed by atoms with E-state index in [9.17, 15) is 14.4 Å². The van der Waals surface area contributed by atoms with Crippen LogP contribution in [0.4, 0.5) is 0 Å². The average Bonchev–Trinajstić information content (AvgIpc) is 3.28. The van der Waals surface area contributed by atoms with Crippen molar-refractivity contribution in [1.82, 2.24) is 21.0 Å². The van der Waals surface area contributed by atoms with Crippen LogP contribution >= 0.6 is 0 Å². The van der Waals surface area contributed by atoms with Crippen molar-refractivity contribution in [3.63, 3.8) is 0 Å². The molecule has 0 aromatic heterocycles. The van der Waals surface area contributed by atoms with Crippen LogP contribution < -0.4 is 21.7 Å². The van der Waals surface area contributed by atoms with Gasteiger partial charge in [0.15, 0.2) is 0 Å². The Balaban J connectivity index is 1.69. The van der Waals surface area contributed by atoms with Crippen LogP contribution in [0.5, 0.6) is 0 Å². The van der Waals surface area contributed by atoms with Crippen molar-refractivity contribution in [3.8, 4) is 0 Å². The third kappa shape index (κ3) is 5.47. The molecule has 0 bridgehead atoms. The number of nitrogens with zero attached hydrogens (tertiary/aromatic N) is 2. The number of carbonyl (C=O) groups is 3. The summed E-state index contributed by atoms with van der Waals surface area (Å²) in [5, 5.41) is 16.3. The summed E-state index contributed by atoms with van der Waals surface area (Å²) in [6, 6.07) is 17.0. The number of hydrogen-bond acceptors (Lipinski definition) is 6. The maximum atomic E-state index is 14.2. The number of benzene rings is 2. The van der Waals surface area contributed by atoms with Crippen LogP contribution in [0.1, 0.15) is 77.1 Å². The van der Waals surface area contributed by atoms with Crippen molar-refractivity contribution >= 4 is 23.4 Å². The van der Waals surface area contributed by atoms with Gasteiger partial charge in [0, 0.05) is 6.04 Å². The van der Waals surface area contributed by atoms with Gasteiger partial charge < -0.3 is 16.4 Å². The van der Waals surface area contributed by atoms with Gasteiger partial charge >= 0.3 is 0 Å². The molecule has 2 heterocycles. The monoisotopic (exact) mass is 546 g/mol. The fourth-order valence-corrected chi connectivity index (χ4v) is 5.85. The van der Waals surface area contributed by atoms with E-state index in [1.54, 1.807) is 0 Å². The number of hydrazone groups is 1. The van der Waals surface area contributed by atoms with Crippen LogP contribution in [-0.4, -0.2) is 46.2 Å². The molecule has 0 aliphatic carbocycles. The SMILES string of the molecule is CCc1ccc(C(CC)(NC(=O)C2C(C)=NN3C2N[C@@H](c2ccccc2)CC3(C)C)C(=O)N[C@@H](C)C(N)=O)cc1. The molecule has 0 radical (unpaired) electrons. The van der Waals surface area contributed by atoms with Gasteiger partial charge in [-0.25, -0.2) is 0 Å². The topological polar surface area (TPSA) is 129 Å². The Morgan fingerprint density at radius 2 is 1.77 bits per heavy atom. The summed E-state index contributed by atoms with van der Waals surface area (Å²) < 4.78 is 0. The summed E-state index contributed by atoms with van der Waals surface area (Å²) in [4.78, 5) is 39.9. The molecule has 0 spiro atoms. The summed E-state index contributed by atoms with van der Waals surface area (Å²) in [5.74, 6) is -2.08. The quantitative estimate of drug-likeness (QED) is 0.384. The molecule has 5 N–H and O–H groups in total. The zero-order chi connectivity index (χ0) is 29.2. The molecule has 214 valence electrons. The number of aryl methyl sites for hydroxylation is 1. The van der Waals surface area contributed by atoms with Crippen LogP contribution in [-0.2, 0) is 26.3 Å². The van der Waals surface area contributed by atoms with E-state index in [1.165, 1.54) is 6.92 Å². The molecule has 1 saturated heterocycles. The Kier molecular flexibility index (Phi) is 8.35. The highest BCUT2D eigenvalue weighted by molar-refractivity contribution is 6.06. The first-order valence-corrected chi connectivity index (χ1v) is 14.1. The van der Waals surface area contributed by atoms with E-state index in [4.69, 9.17) is 10.8 Å². The van der Waals surface area contributed by atoms with Gasteiger partial charge in [0.25, 0.3) is 5.91 Å². The van der Waals surface area contributed by atoms with Crippen molar-refractivity contribution in [3.05, 3.63) is 71.3 Å². The van der Waals surface area contributed by atoms with Crippen molar-refractivity contribution in [2.45, 2.75) is 90.1 Å². The first-order valence-electron chi connectivity index (χ1n) is 14.1. The number of nitrogens with two attached hydrogens (primary N) is 1. The second-order valence-electron chi connectivity index (χ2n) is 11.6. The van der Waals surface area contributed by atoms with E-state index in [-0.39, 0.29) is 23.9 Å². The minimum absolute atomic E-state index is 0.0334. The van der Waals surface area contributed by atoms with E-state index in [2.05, 4.69) is 48.9 Å². The minimum Gasteiger partial charge on any atom is -0.368 e. The van der Waals surface area contributed by atoms with E-state index in [1.807, 2.05) is 61.3 Å². The minimum atomic E-state index is -1.41. The first-order chi connectivity index (χ1) is 18.9. The average molecular weight is 547 g/mol. The summed E-state index contributed by atoms with van der Waals surface area (Å²) >= 11 is 0. The van der Waals surface area contributed by atoms with E-state index in [0.29, 0.717) is 11.3 Å². The highest BCUT2D eigenvalue weighted by Crippen LogP contribution is 2.40. The number of amides is 3. The molecule has 4 rings (SSSR count). The Morgan fingerprint density at radius 3 is 2.35 bits per heavy atom. The largest absolute Gasteiger partial charge is 0.368 e. The lowest BCUT2D eigenvalue weighted by molar-refractivity contribution is -0.138. The molecule has 2 aliphatic heterocycles. The molecule has 5 atom stereocenters. The molecule has 3 amide bonds. The Hall–Kier alpha value is -3.72. The predicted molar refractivity (Wildman–Crippen MR) is 156 cm³/mol. The molecule has 0 saturated carbocycles. The lowest BCUT2D eigenvalue weighted by atomic mass is 9.83. The van der Waals surface area contributed by atoms with Crippen LogP contribution in [0.2, 0.25) is 0 Å². The number of fused-ring (bicyclic) bond motifs is 1. The van der Waals surface area contributed by atoms with Crippen LogP contribution in [0.25, 0.3) is 0 Å². The zero-order valence-corrected chi connectivity index (χ0v) is 24.3. The van der Waals surface area contributed by atoms with Crippen molar-refractivity contribution in [1.29, 1.82) is 0 Å². The molecule has 2 aromatic rings. The van der Waals surface area contributed by atoms with E-state index in [0.717, 1.165) is 24.0 Å². The second-order valence-corrected chi connectivity index (χ2v) is 11.6. The fraction of sp³-hybridized carbons (Fsp3) is 0.484. The van der Waals surface area contributed by atoms with Gasteiger partial charge in [0.2, 0.25) is 11.8 Å². The summed E-state index contributed by atoms with van der Waals surface area (Å²) in [5.41, 5.74) is 7.31. The van der Waals surface area contributed by atoms with Gasteiger partial charge in [-0.1, -0.05) is 68.4 Å². The third-order valence-electron chi connectivity index (χ3n) is 8.36. The van der Waals surface area contributed by atoms with E-state index < -0.39 is 35.5 Å².